The monoisotopic (exact) mass is 312 g/mol. The van der Waals surface area contributed by atoms with Gasteiger partial charge in [0.1, 0.15) is 6.04 Å². The van der Waals surface area contributed by atoms with Crippen molar-refractivity contribution in [2.45, 2.75) is 12.5 Å². The number of hydrogen-bond donors (Lipinski definition) is 3. The Kier molecular flexibility index (Phi) is 5.71. The summed E-state index contributed by atoms with van der Waals surface area (Å²) in [7, 11) is 1.61. The van der Waals surface area contributed by atoms with E-state index in [9.17, 15) is 9.59 Å². The van der Waals surface area contributed by atoms with Gasteiger partial charge in [0.15, 0.2) is 0 Å². The summed E-state index contributed by atoms with van der Waals surface area (Å²) in [6.07, 6.45) is 0.415. The minimum Gasteiger partial charge on any atom is -0.368 e. The number of urea groups is 1. The lowest BCUT2D eigenvalue weighted by Crippen LogP contribution is -2.53. The average Bonchev–Trinajstić information content (AvgIpc) is 2.54. The van der Waals surface area contributed by atoms with E-state index in [1.54, 1.807) is 19.2 Å². The molecule has 0 fully saturated rings. The summed E-state index contributed by atoms with van der Waals surface area (Å²) in [6.45, 7) is 0. The lowest BCUT2D eigenvalue weighted by atomic mass is 10.1. The van der Waals surface area contributed by atoms with E-state index in [0.29, 0.717) is 12.1 Å². The lowest BCUT2D eigenvalue weighted by molar-refractivity contribution is -0.123. The van der Waals surface area contributed by atoms with E-state index in [1.165, 1.54) is 5.01 Å². The van der Waals surface area contributed by atoms with Crippen LogP contribution < -0.4 is 16.5 Å². The molecule has 3 amide bonds. The molecule has 120 valence electrons. The first-order valence-electron chi connectivity index (χ1n) is 7.25. The van der Waals surface area contributed by atoms with Gasteiger partial charge in [0.25, 0.3) is 0 Å². The summed E-state index contributed by atoms with van der Waals surface area (Å²) in [4.78, 5) is 23.7. The zero-order valence-corrected chi connectivity index (χ0v) is 12.9. The van der Waals surface area contributed by atoms with E-state index in [2.05, 4.69) is 10.7 Å². The van der Waals surface area contributed by atoms with Gasteiger partial charge in [-0.1, -0.05) is 48.5 Å². The maximum absolute atomic E-state index is 12.0. The van der Waals surface area contributed by atoms with Crippen LogP contribution in [0.25, 0.3) is 0 Å². The second-order valence-electron chi connectivity index (χ2n) is 5.15. The molecule has 0 aliphatic carbocycles. The molecule has 0 aliphatic rings. The van der Waals surface area contributed by atoms with Crippen LogP contribution in [-0.4, -0.2) is 30.0 Å². The van der Waals surface area contributed by atoms with Crippen molar-refractivity contribution in [2.75, 3.05) is 12.4 Å². The predicted octanol–water partition coefficient (Wildman–Crippen LogP) is 1.75. The Hall–Kier alpha value is -2.86. The molecule has 4 N–H and O–H groups in total. The maximum atomic E-state index is 12.0. The van der Waals surface area contributed by atoms with Crippen LogP contribution in [0.4, 0.5) is 10.5 Å². The zero-order chi connectivity index (χ0) is 16.7. The average molecular weight is 312 g/mol. The Morgan fingerprint density at radius 2 is 1.61 bits per heavy atom. The lowest BCUT2D eigenvalue weighted by Gasteiger charge is -2.26. The van der Waals surface area contributed by atoms with Crippen LogP contribution in [0.15, 0.2) is 60.7 Å². The van der Waals surface area contributed by atoms with E-state index in [1.807, 2.05) is 48.5 Å². The molecular formula is C17H20N4O2. The van der Waals surface area contributed by atoms with E-state index >= 15 is 0 Å². The number of anilines is 1. The first-order valence-corrected chi connectivity index (χ1v) is 7.25. The fourth-order valence-corrected chi connectivity index (χ4v) is 2.18. The highest BCUT2D eigenvalue weighted by molar-refractivity contribution is 5.89. The molecule has 0 heterocycles. The third-order valence-electron chi connectivity index (χ3n) is 3.38. The van der Waals surface area contributed by atoms with Crippen LogP contribution in [0.3, 0.4) is 0 Å². The van der Waals surface area contributed by atoms with Gasteiger partial charge in [-0.15, -0.1) is 0 Å². The summed E-state index contributed by atoms with van der Waals surface area (Å²) in [5.41, 5.74) is 9.70. The Bertz CT molecular complexity index is 646. The van der Waals surface area contributed by atoms with Gasteiger partial charge in [0, 0.05) is 12.7 Å². The number of likely N-dealkylation sites (N-methyl/N-ethyl adjacent to an activating group) is 1. The standard InChI is InChI=1S/C17H20N4O2/c1-21(20-17(23)19-14-10-6-3-7-11-14)15(16(18)22)12-13-8-4-2-5-9-13/h2-11,15H,12H2,1H3,(H2,18,22)(H2,19,20,23)/t15-/m0/s1. The van der Waals surface area contributed by atoms with Crippen LogP contribution in [0, 0.1) is 0 Å². The minimum absolute atomic E-state index is 0.415. The van der Waals surface area contributed by atoms with Crippen molar-refractivity contribution >= 4 is 17.6 Å². The number of amides is 3. The van der Waals surface area contributed by atoms with E-state index < -0.39 is 18.0 Å². The second kappa shape index (κ2) is 7.95. The minimum atomic E-state index is -0.640. The molecule has 2 aromatic rings. The van der Waals surface area contributed by atoms with Crippen LogP contribution in [0.5, 0.6) is 0 Å². The van der Waals surface area contributed by atoms with Crippen LogP contribution >= 0.6 is 0 Å². The molecular weight excluding hydrogens is 292 g/mol. The molecule has 0 radical (unpaired) electrons. The van der Waals surface area contributed by atoms with Crippen LogP contribution in [0.2, 0.25) is 0 Å². The number of hydrazine groups is 1. The number of benzene rings is 2. The summed E-state index contributed by atoms with van der Waals surface area (Å²) < 4.78 is 0. The van der Waals surface area contributed by atoms with Crippen molar-refractivity contribution in [3.8, 4) is 0 Å². The molecule has 0 bridgehead atoms. The predicted molar refractivity (Wildman–Crippen MR) is 89.5 cm³/mol. The van der Waals surface area contributed by atoms with E-state index in [-0.39, 0.29) is 0 Å². The van der Waals surface area contributed by atoms with Gasteiger partial charge in [0.2, 0.25) is 5.91 Å². The molecule has 0 aromatic heterocycles. The summed E-state index contributed by atoms with van der Waals surface area (Å²) >= 11 is 0. The highest BCUT2D eigenvalue weighted by Crippen LogP contribution is 2.07. The molecule has 2 aromatic carbocycles. The Morgan fingerprint density at radius 3 is 2.17 bits per heavy atom. The van der Waals surface area contributed by atoms with Gasteiger partial charge < -0.3 is 11.1 Å². The van der Waals surface area contributed by atoms with Gasteiger partial charge in [-0.3, -0.25) is 10.2 Å². The van der Waals surface area contributed by atoms with Crippen molar-refractivity contribution in [1.29, 1.82) is 0 Å². The topological polar surface area (TPSA) is 87.5 Å². The normalized spacial score (nSPS) is 11.7. The van der Waals surface area contributed by atoms with Gasteiger partial charge in [-0.05, 0) is 24.1 Å². The van der Waals surface area contributed by atoms with Crippen molar-refractivity contribution in [1.82, 2.24) is 10.4 Å². The largest absolute Gasteiger partial charge is 0.368 e. The van der Waals surface area contributed by atoms with Gasteiger partial charge in [-0.25, -0.2) is 9.80 Å². The molecule has 0 spiro atoms. The number of rotatable bonds is 6. The van der Waals surface area contributed by atoms with Crippen LogP contribution in [-0.2, 0) is 11.2 Å². The Balaban J connectivity index is 1.96. The Labute approximate surface area is 135 Å². The van der Waals surface area contributed by atoms with Gasteiger partial charge in [0.05, 0.1) is 0 Å². The first kappa shape index (κ1) is 16.5. The third kappa shape index (κ3) is 5.12. The van der Waals surface area contributed by atoms with Crippen molar-refractivity contribution < 1.29 is 9.59 Å². The Morgan fingerprint density at radius 1 is 1.04 bits per heavy atom. The number of hydrogen-bond acceptors (Lipinski definition) is 3. The molecule has 0 unspecified atom stereocenters. The van der Waals surface area contributed by atoms with Crippen molar-refractivity contribution in [3.63, 3.8) is 0 Å². The third-order valence-corrected chi connectivity index (χ3v) is 3.38. The fraction of sp³-hybridized carbons (Fsp3) is 0.176. The first-order chi connectivity index (χ1) is 11.1. The molecule has 2 rings (SSSR count). The van der Waals surface area contributed by atoms with E-state index in [4.69, 9.17) is 5.73 Å². The van der Waals surface area contributed by atoms with Crippen molar-refractivity contribution in [2.24, 2.45) is 5.73 Å². The highest BCUT2D eigenvalue weighted by Gasteiger charge is 2.22. The number of para-hydroxylation sites is 1. The number of carbonyl (C=O) groups excluding carboxylic acids is 2. The highest BCUT2D eigenvalue weighted by atomic mass is 16.2. The molecule has 23 heavy (non-hydrogen) atoms. The summed E-state index contributed by atoms with van der Waals surface area (Å²) in [5, 5.41) is 4.11. The van der Waals surface area contributed by atoms with E-state index in [0.717, 1.165) is 5.56 Å². The molecule has 6 heteroatoms. The maximum Gasteiger partial charge on any atom is 0.333 e. The SMILES string of the molecule is CN(NC(=O)Nc1ccccc1)[C@@H](Cc1ccccc1)C(N)=O. The molecule has 1 atom stereocenters. The quantitative estimate of drug-likeness (QED) is 0.710. The summed E-state index contributed by atoms with van der Waals surface area (Å²) in [6, 6.07) is 17.5. The molecule has 6 nitrogen and oxygen atoms in total. The molecule has 0 aliphatic heterocycles. The number of carbonyl (C=O) groups is 2. The zero-order valence-electron chi connectivity index (χ0n) is 12.9. The number of primary amides is 1. The van der Waals surface area contributed by atoms with Gasteiger partial charge in [-0.2, -0.15) is 0 Å². The number of nitrogens with one attached hydrogen (secondary N) is 2. The number of nitrogens with zero attached hydrogens (tertiary/aromatic N) is 1. The number of nitrogens with two attached hydrogens (primary N) is 1. The van der Waals surface area contributed by atoms with Crippen molar-refractivity contribution in [3.05, 3.63) is 66.2 Å². The van der Waals surface area contributed by atoms with Gasteiger partial charge >= 0.3 is 6.03 Å². The summed E-state index contributed by atoms with van der Waals surface area (Å²) in [5.74, 6) is -0.503. The molecule has 0 saturated carbocycles. The second-order valence-corrected chi connectivity index (χ2v) is 5.15. The van der Waals surface area contributed by atoms with Crippen LogP contribution in [0.1, 0.15) is 5.56 Å². The molecule has 0 saturated heterocycles. The fourth-order valence-electron chi connectivity index (χ4n) is 2.18. The smallest absolute Gasteiger partial charge is 0.333 e.